The minimum Gasteiger partial charge on any atom is -0.383 e. The smallest absolute Gasteiger partial charge is 0.330 e. The van der Waals surface area contributed by atoms with Crippen LogP contribution in [0.3, 0.4) is 0 Å². The molecule has 0 aliphatic carbocycles. The van der Waals surface area contributed by atoms with Crippen LogP contribution in [-0.2, 0) is 25.4 Å². The average molecular weight is 324 g/mol. The molecule has 7 nitrogen and oxygen atoms in total. The number of aromatic nitrogens is 2. The molecular formula is C16H28N4O3. The highest BCUT2D eigenvalue weighted by Crippen LogP contribution is 2.14. The Kier molecular flexibility index (Phi) is 6.15. The molecule has 0 unspecified atom stereocenters. The molecule has 0 radical (unpaired) electrons. The Labute approximate surface area is 137 Å². The van der Waals surface area contributed by atoms with E-state index in [-0.39, 0.29) is 11.2 Å². The molecule has 0 bridgehead atoms. The number of nitrogens with zero attached hydrogens (tertiary/aromatic N) is 4. The largest absolute Gasteiger partial charge is 0.383 e. The van der Waals surface area contributed by atoms with Crippen LogP contribution in [0.5, 0.6) is 0 Å². The van der Waals surface area contributed by atoms with E-state index >= 15 is 0 Å². The fourth-order valence-electron chi connectivity index (χ4n) is 3.15. The predicted molar refractivity (Wildman–Crippen MR) is 89.7 cm³/mol. The van der Waals surface area contributed by atoms with Crippen LogP contribution >= 0.6 is 0 Å². The predicted octanol–water partition coefficient (Wildman–Crippen LogP) is -0.373. The minimum absolute atomic E-state index is 0.242. The zero-order chi connectivity index (χ0) is 17.0. The summed E-state index contributed by atoms with van der Waals surface area (Å²) in [6, 6.07) is 2.06. The molecule has 0 spiro atoms. The molecule has 1 fully saturated rings. The second kappa shape index (κ2) is 7.90. The third kappa shape index (κ3) is 4.10. The molecule has 130 valence electrons. The molecule has 1 saturated heterocycles. The molecule has 2 heterocycles. The normalized spacial score (nSPS) is 20.1. The van der Waals surface area contributed by atoms with E-state index in [0.29, 0.717) is 12.6 Å². The average Bonchev–Trinajstić information content (AvgIpc) is 2.56. The topological polar surface area (TPSA) is 59.7 Å². The summed E-state index contributed by atoms with van der Waals surface area (Å²) in [7, 11) is 4.97. The quantitative estimate of drug-likeness (QED) is 0.714. The number of hydrogen-bond donors (Lipinski definition) is 0. The van der Waals surface area contributed by atoms with Crippen LogP contribution < -0.4 is 11.2 Å². The van der Waals surface area contributed by atoms with Gasteiger partial charge >= 0.3 is 5.69 Å². The standard InChI is InChI=1S/C16H28N4O3/c1-5-13-11-19(6-7-20(13)8-9-23-4)12-14-10-15(21)18(3)16(22)17(14)2/h10,13H,5-9,11-12H2,1-4H3/t13-/m1/s1. The highest BCUT2D eigenvalue weighted by atomic mass is 16.5. The maximum absolute atomic E-state index is 12.0. The highest BCUT2D eigenvalue weighted by Gasteiger charge is 2.25. The molecular weight excluding hydrogens is 296 g/mol. The van der Waals surface area contributed by atoms with Crippen molar-refractivity contribution in [2.24, 2.45) is 14.1 Å². The Hall–Kier alpha value is -1.44. The molecule has 1 atom stereocenters. The first-order chi connectivity index (χ1) is 11.0. The van der Waals surface area contributed by atoms with Gasteiger partial charge in [0.05, 0.1) is 6.61 Å². The van der Waals surface area contributed by atoms with E-state index < -0.39 is 0 Å². The van der Waals surface area contributed by atoms with E-state index in [1.165, 1.54) is 7.05 Å². The molecule has 0 aromatic carbocycles. The summed E-state index contributed by atoms with van der Waals surface area (Å²) in [6.07, 6.45) is 1.08. The van der Waals surface area contributed by atoms with Gasteiger partial charge in [-0.3, -0.25) is 23.7 Å². The lowest BCUT2D eigenvalue weighted by Gasteiger charge is -2.41. The maximum atomic E-state index is 12.0. The summed E-state index contributed by atoms with van der Waals surface area (Å²) >= 11 is 0. The molecule has 1 aliphatic rings. The summed E-state index contributed by atoms with van der Waals surface area (Å²) < 4.78 is 7.89. The summed E-state index contributed by atoms with van der Waals surface area (Å²) in [6.45, 7) is 7.40. The van der Waals surface area contributed by atoms with E-state index in [1.807, 2.05) is 0 Å². The van der Waals surface area contributed by atoms with Crippen LogP contribution in [0, 0.1) is 0 Å². The van der Waals surface area contributed by atoms with Gasteiger partial charge in [-0.25, -0.2) is 4.79 Å². The van der Waals surface area contributed by atoms with Crippen LogP contribution in [0.15, 0.2) is 15.7 Å². The van der Waals surface area contributed by atoms with E-state index in [0.717, 1.165) is 49.5 Å². The van der Waals surface area contributed by atoms with Crippen LogP contribution in [0.4, 0.5) is 0 Å². The molecule has 0 amide bonds. The van der Waals surface area contributed by atoms with Gasteiger partial charge in [-0.15, -0.1) is 0 Å². The van der Waals surface area contributed by atoms with Crippen molar-refractivity contribution in [3.8, 4) is 0 Å². The van der Waals surface area contributed by atoms with Gasteiger partial charge in [0, 0.05) is 71.7 Å². The molecule has 1 aromatic heterocycles. The first-order valence-electron chi connectivity index (χ1n) is 8.19. The Morgan fingerprint density at radius 2 is 1.96 bits per heavy atom. The van der Waals surface area contributed by atoms with Gasteiger partial charge < -0.3 is 4.74 Å². The van der Waals surface area contributed by atoms with E-state index in [1.54, 1.807) is 24.8 Å². The van der Waals surface area contributed by atoms with Crippen molar-refractivity contribution in [3.05, 3.63) is 32.6 Å². The van der Waals surface area contributed by atoms with E-state index in [9.17, 15) is 9.59 Å². The Bertz CT molecular complexity index is 637. The molecule has 0 saturated carbocycles. The van der Waals surface area contributed by atoms with Crippen LogP contribution in [0.1, 0.15) is 19.0 Å². The van der Waals surface area contributed by atoms with Gasteiger partial charge in [0.2, 0.25) is 0 Å². The second-order valence-electron chi connectivity index (χ2n) is 6.20. The molecule has 1 aliphatic heterocycles. The van der Waals surface area contributed by atoms with E-state index in [4.69, 9.17) is 4.74 Å². The second-order valence-corrected chi connectivity index (χ2v) is 6.20. The zero-order valence-corrected chi connectivity index (χ0v) is 14.6. The van der Waals surface area contributed by atoms with Crippen molar-refractivity contribution in [1.29, 1.82) is 0 Å². The minimum atomic E-state index is -0.265. The maximum Gasteiger partial charge on any atom is 0.330 e. The van der Waals surface area contributed by atoms with Crippen molar-refractivity contribution in [2.75, 3.05) is 39.9 Å². The molecule has 23 heavy (non-hydrogen) atoms. The Morgan fingerprint density at radius 1 is 1.22 bits per heavy atom. The third-order valence-corrected chi connectivity index (χ3v) is 4.75. The lowest BCUT2D eigenvalue weighted by Crippen LogP contribution is -2.53. The number of methoxy groups -OCH3 is 1. The Morgan fingerprint density at radius 3 is 2.61 bits per heavy atom. The van der Waals surface area contributed by atoms with Gasteiger partial charge in [0.15, 0.2) is 0 Å². The van der Waals surface area contributed by atoms with E-state index in [2.05, 4.69) is 16.7 Å². The van der Waals surface area contributed by atoms with Crippen molar-refractivity contribution in [2.45, 2.75) is 25.9 Å². The lowest BCUT2D eigenvalue weighted by atomic mass is 10.1. The third-order valence-electron chi connectivity index (χ3n) is 4.75. The molecule has 0 N–H and O–H groups in total. The molecule has 2 rings (SSSR count). The summed E-state index contributed by atoms with van der Waals surface area (Å²) in [5.41, 5.74) is 0.269. The first kappa shape index (κ1) is 17.9. The number of piperazine rings is 1. The van der Waals surface area contributed by atoms with Crippen LogP contribution in [0.2, 0.25) is 0 Å². The van der Waals surface area contributed by atoms with Gasteiger partial charge in [-0.05, 0) is 6.42 Å². The summed E-state index contributed by atoms with van der Waals surface area (Å²) in [4.78, 5) is 28.7. The van der Waals surface area contributed by atoms with Crippen LogP contribution in [0.25, 0.3) is 0 Å². The van der Waals surface area contributed by atoms with Crippen LogP contribution in [-0.4, -0.2) is 64.9 Å². The first-order valence-corrected chi connectivity index (χ1v) is 8.19. The fourth-order valence-corrected chi connectivity index (χ4v) is 3.15. The number of rotatable bonds is 6. The van der Waals surface area contributed by atoms with Gasteiger partial charge in [-0.1, -0.05) is 6.92 Å². The van der Waals surface area contributed by atoms with Crippen molar-refractivity contribution >= 4 is 0 Å². The Balaban J connectivity index is 2.08. The van der Waals surface area contributed by atoms with Gasteiger partial charge in [0.25, 0.3) is 5.56 Å². The van der Waals surface area contributed by atoms with Crippen molar-refractivity contribution in [3.63, 3.8) is 0 Å². The zero-order valence-electron chi connectivity index (χ0n) is 14.6. The van der Waals surface area contributed by atoms with Gasteiger partial charge in [0.1, 0.15) is 0 Å². The summed E-state index contributed by atoms with van der Waals surface area (Å²) in [5, 5.41) is 0. The number of ether oxygens (including phenoxy) is 1. The lowest BCUT2D eigenvalue weighted by molar-refractivity contribution is 0.0455. The van der Waals surface area contributed by atoms with Crippen molar-refractivity contribution < 1.29 is 4.74 Å². The monoisotopic (exact) mass is 324 g/mol. The SMILES string of the molecule is CC[C@@H]1CN(Cc2cc(=O)n(C)c(=O)n2C)CCN1CCOC. The summed E-state index contributed by atoms with van der Waals surface area (Å²) in [5.74, 6) is 0. The van der Waals surface area contributed by atoms with Crippen molar-refractivity contribution in [1.82, 2.24) is 18.9 Å². The highest BCUT2D eigenvalue weighted by molar-refractivity contribution is 5.02. The fraction of sp³-hybridized carbons (Fsp3) is 0.750. The number of hydrogen-bond acceptors (Lipinski definition) is 5. The molecule has 7 heteroatoms. The molecule has 1 aromatic rings. The van der Waals surface area contributed by atoms with Gasteiger partial charge in [-0.2, -0.15) is 0 Å².